The van der Waals surface area contributed by atoms with Gasteiger partial charge >= 0.3 is 193 Å². The fourth-order valence-corrected chi connectivity index (χ4v) is 13.9. The molecule has 0 amide bonds. The second-order valence-electron chi connectivity index (χ2n) is 16.9. The maximum atomic E-state index is 2.34. The van der Waals surface area contributed by atoms with Crippen LogP contribution in [0, 0.1) is 27.7 Å². The van der Waals surface area contributed by atoms with Crippen LogP contribution in [0.1, 0.15) is 22.3 Å². The Morgan fingerprint density at radius 3 is 0.614 bits per heavy atom. The fraction of sp³-hybridized carbons (Fsp3) is 0.0625. The molecule has 0 radical (unpaired) electrons. The summed E-state index contributed by atoms with van der Waals surface area (Å²) in [6, 6.07) is 94.3. The number of rotatable bonds is 4. The Bertz CT molecular complexity index is 2830. The van der Waals surface area contributed by atoms with Crippen molar-refractivity contribution >= 4 is 76.2 Å². The van der Waals surface area contributed by atoms with Gasteiger partial charge in [-0.2, -0.15) is 24.3 Å². The van der Waals surface area contributed by atoms with E-state index in [1.807, 2.05) is 0 Å². The third-order valence-corrected chi connectivity index (χ3v) is 20.4. The maximum absolute atomic E-state index is 2.34. The summed E-state index contributed by atoms with van der Waals surface area (Å²) < 4.78 is 0. The summed E-state index contributed by atoms with van der Waals surface area (Å²) in [6.45, 7) is 8.50. The zero-order valence-corrected chi connectivity index (χ0v) is 46.8. The number of aryl methyl sites for hydroxylation is 4. The zero-order valence-electron chi connectivity index (χ0n) is 40.2. The van der Waals surface area contributed by atoms with Crippen molar-refractivity contribution in [1.29, 1.82) is 0 Å². The van der Waals surface area contributed by atoms with Crippen LogP contribution in [0.15, 0.2) is 267 Å². The molecule has 12 rings (SSSR count). The molecular formula is C64H56Cl2Si2Ti2-2. The first kappa shape index (κ1) is 55.6. The Labute approximate surface area is 452 Å². The predicted octanol–water partition coefficient (Wildman–Crippen LogP) is 8.15. The van der Waals surface area contributed by atoms with E-state index in [2.05, 4.69) is 333 Å². The van der Waals surface area contributed by atoms with Crippen LogP contribution in [0.4, 0.5) is 0 Å². The molecule has 12 aromatic carbocycles. The van der Waals surface area contributed by atoms with E-state index in [1.165, 1.54) is 86.1 Å². The minimum absolute atomic E-state index is 0. The number of halogens is 2. The van der Waals surface area contributed by atoms with Crippen LogP contribution in [-0.2, 0) is 38.3 Å². The van der Waals surface area contributed by atoms with Crippen LogP contribution in [0.5, 0.6) is 0 Å². The molecule has 0 unspecified atom stereocenters. The molecule has 12 aromatic rings. The van der Waals surface area contributed by atoms with Gasteiger partial charge in [-0.15, -0.1) is 162 Å². The SMILES string of the molecule is Cc1cc2ccccc2[cH-]1.Cc1cc2ccccc2[cH-]1.Cc1cc2ccccc2[cH-]1.Cc1cc2ccccc2[cH-]1.[Cl-].[Cl-].[Ti+2]=[Si](c1ccccc1)c1ccccc1.[Ti+2]=[Si](c1ccccc1)c1ccccc1. The van der Waals surface area contributed by atoms with Gasteiger partial charge in [-0.25, -0.2) is 0 Å². The van der Waals surface area contributed by atoms with Gasteiger partial charge in [0, 0.05) is 0 Å². The van der Waals surface area contributed by atoms with Crippen LogP contribution < -0.4 is 45.6 Å². The van der Waals surface area contributed by atoms with Gasteiger partial charge in [-0.3, -0.25) is 0 Å². The van der Waals surface area contributed by atoms with E-state index in [0.29, 0.717) is 0 Å². The van der Waals surface area contributed by atoms with E-state index < -0.39 is 12.4 Å². The molecule has 0 heterocycles. The first-order valence-electron chi connectivity index (χ1n) is 23.1. The topological polar surface area (TPSA) is 0 Å². The van der Waals surface area contributed by atoms with E-state index in [0.717, 1.165) is 0 Å². The monoisotopic (exact) mass is 1050 g/mol. The van der Waals surface area contributed by atoms with Crippen molar-refractivity contribution in [1.82, 2.24) is 0 Å². The molecule has 0 nitrogen and oxygen atoms in total. The van der Waals surface area contributed by atoms with Crippen molar-refractivity contribution < 1.29 is 63.2 Å². The second kappa shape index (κ2) is 29.1. The molecule has 0 aromatic heterocycles. The van der Waals surface area contributed by atoms with Crippen molar-refractivity contribution in [3.05, 3.63) is 289 Å². The van der Waals surface area contributed by atoms with Crippen molar-refractivity contribution in [2.45, 2.75) is 27.7 Å². The normalized spacial score (nSPS) is 9.94. The summed E-state index contributed by atoms with van der Waals surface area (Å²) in [7, 11) is 0. The molecule has 0 fully saturated rings. The summed E-state index contributed by atoms with van der Waals surface area (Å²) in [5, 5.41) is 16.7. The van der Waals surface area contributed by atoms with Gasteiger partial charge in [-0.1, -0.05) is 52.0 Å². The Kier molecular flexibility index (Phi) is 23.1. The van der Waals surface area contributed by atoms with Crippen LogP contribution >= 0.6 is 0 Å². The van der Waals surface area contributed by atoms with Gasteiger partial charge < -0.3 is 24.8 Å². The average molecular weight is 1050 g/mol. The van der Waals surface area contributed by atoms with E-state index in [1.54, 1.807) is 0 Å². The fourth-order valence-electron chi connectivity index (χ4n) is 7.98. The first-order chi connectivity index (χ1) is 33.2. The van der Waals surface area contributed by atoms with Gasteiger partial charge in [0.15, 0.2) is 0 Å². The third kappa shape index (κ3) is 16.9. The van der Waals surface area contributed by atoms with Gasteiger partial charge in [0.1, 0.15) is 0 Å². The Balaban J connectivity index is 0.000000157. The molecule has 344 valence electrons. The van der Waals surface area contributed by atoms with E-state index >= 15 is 0 Å². The van der Waals surface area contributed by atoms with E-state index in [-0.39, 0.29) is 24.8 Å². The molecule has 0 N–H and O–H groups in total. The van der Waals surface area contributed by atoms with E-state index in [4.69, 9.17) is 0 Å². The molecule has 0 spiro atoms. The molecule has 6 heteroatoms. The molecule has 0 aliphatic rings. The Morgan fingerprint density at radius 1 is 0.257 bits per heavy atom. The Morgan fingerprint density at radius 2 is 0.429 bits per heavy atom. The predicted molar refractivity (Wildman–Crippen MR) is 293 cm³/mol. The van der Waals surface area contributed by atoms with Crippen molar-refractivity contribution in [3.63, 3.8) is 0 Å². The van der Waals surface area contributed by atoms with Crippen LogP contribution in [0.3, 0.4) is 0 Å². The molecule has 0 bridgehead atoms. The Hall–Kier alpha value is -5.36. The second-order valence-corrected chi connectivity index (χ2v) is 25.4. The first-order valence-corrected chi connectivity index (χ1v) is 30.8. The van der Waals surface area contributed by atoms with Gasteiger partial charge in [0.25, 0.3) is 0 Å². The van der Waals surface area contributed by atoms with E-state index in [9.17, 15) is 0 Å². The molecule has 0 aliphatic heterocycles. The molecule has 70 heavy (non-hydrogen) atoms. The quantitative estimate of drug-likeness (QED) is 0.124. The molecule has 0 aliphatic carbocycles. The van der Waals surface area contributed by atoms with Crippen molar-refractivity contribution in [2.75, 3.05) is 0 Å². The van der Waals surface area contributed by atoms with Crippen LogP contribution in [-0.4, -0.2) is 12.4 Å². The van der Waals surface area contributed by atoms with Crippen LogP contribution in [0.2, 0.25) is 0 Å². The minimum atomic E-state index is -0.545. The molecule has 0 saturated carbocycles. The summed E-state index contributed by atoms with van der Waals surface area (Å²) in [4.78, 5) is 0. The molecule has 0 atom stereocenters. The van der Waals surface area contributed by atoms with Gasteiger partial charge in [0.05, 0.1) is 0 Å². The summed E-state index contributed by atoms with van der Waals surface area (Å²) in [5.74, 6) is 0. The number of benzene rings is 8. The summed E-state index contributed by atoms with van der Waals surface area (Å²) in [5.41, 5.74) is 5.39. The van der Waals surface area contributed by atoms with Crippen molar-refractivity contribution in [2.24, 2.45) is 0 Å². The number of hydrogen-bond donors (Lipinski definition) is 0. The van der Waals surface area contributed by atoms with Gasteiger partial charge in [-0.05, 0) is 0 Å². The van der Waals surface area contributed by atoms with Gasteiger partial charge in [0.2, 0.25) is 0 Å². The molecular weight excluding hydrogens is 992 g/mol. The standard InChI is InChI=1S/2C12H10Si.4C10H9.2ClH.2Ti/c2*1-3-7-11(8-4-1)13-12-9-5-2-6-10-12;4*1-8-6-9-4-2-3-5-10(9)7-8;;;;/h2*1-10H;4*2-7H,1H3;2*1H;;/q;;4*-1;;;2*+2/p-2. The van der Waals surface area contributed by atoms with Crippen molar-refractivity contribution in [3.8, 4) is 0 Å². The zero-order chi connectivity index (χ0) is 47.5. The average Bonchev–Trinajstić information content (AvgIpc) is 4.18. The van der Waals surface area contributed by atoms with Crippen LogP contribution in [0.25, 0.3) is 43.1 Å². The number of fused-ring (bicyclic) bond motifs is 4. The third-order valence-electron chi connectivity index (χ3n) is 11.3. The number of hydrogen-bond acceptors (Lipinski definition) is 0. The molecule has 0 saturated heterocycles. The summed E-state index contributed by atoms with van der Waals surface area (Å²) in [6.07, 6.45) is -1.09. The summed E-state index contributed by atoms with van der Waals surface area (Å²) >= 11 is 4.69.